The van der Waals surface area contributed by atoms with Crippen LogP contribution in [-0.2, 0) is 21.2 Å². The van der Waals surface area contributed by atoms with E-state index in [4.69, 9.17) is 0 Å². The molecule has 0 bridgehead atoms. The van der Waals surface area contributed by atoms with Crippen LogP contribution >= 0.6 is 0 Å². The van der Waals surface area contributed by atoms with E-state index < -0.39 is 10.0 Å². The predicted octanol–water partition coefficient (Wildman–Crippen LogP) is 3.94. The molecule has 0 aliphatic carbocycles. The van der Waals surface area contributed by atoms with Gasteiger partial charge in [0, 0.05) is 17.9 Å². The van der Waals surface area contributed by atoms with E-state index in [9.17, 15) is 13.2 Å². The van der Waals surface area contributed by atoms with Crippen LogP contribution in [0.4, 0.5) is 11.4 Å². The molecule has 3 rings (SSSR count). The van der Waals surface area contributed by atoms with E-state index >= 15 is 0 Å². The summed E-state index contributed by atoms with van der Waals surface area (Å²) in [6.07, 6.45) is 0.305. The minimum Gasteiger partial charge on any atom is -0.312 e. The van der Waals surface area contributed by atoms with E-state index in [0.29, 0.717) is 23.5 Å². The summed E-state index contributed by atoms with van der Waals surface area (Å²) >= 11 is 0. The number of anilines is 2. The molecule has 0 aromatic heterocycles. The maximum atomic E-state index is 13.2. The van der Waals surface area contributed by atoms with Gasteiger partial charge >= 0.3 is 0 Å². The zero-order valence-corrected chi connectivity index (χ0v) is 17.5. The molecule has 1 N–H and O–H groups in total. The second-order valence-corrected chi connectivity index (χ2v) is 8.84. The number of rotatable bonds is 4. The van der Waals surface area contributed by atoms with Gasteiger partial charge < -0.3 is 4.90 Å². The molecule has 5 nitrogen and oxygen atoms in total. The number of nitrogens with zero attached hydrogens (tertiary/aromatic N) is 1. The Balaban J connectivity index is 2.03. The molecule has 1 aliphatic rings. The largest absolute Gasteiger partial charge is 0.312 e. The van der Waals surface area contributed by atoms with Gasteiger partial charge in [0.05, 0.1) is 11.3 Å². The molecule has 0 atom stereocenters. The van der Waals surface area contributed by atoms with Gasteiger partial charge in [-0.25, -0.2) is 8.42 Å². The Morgan fingerprint density at radius 1 is 0.963 bits per heavy atom. The third kappa shape index (κ3) is 3.12. The van der Waals surface area contributed by atoms with Crippen molar-refractivity contribution in [2.24, 2.45) is 0 Å². The maximum Gasteiger partial charge on any atom is 0.262 e. The van der Waals surface area contributed by atoms with E-state index in [-0.39, 0.29) is 5.91 Å². The Labute approximate surface area is 161 Å². The number of sulfonamides is 1. The van der Waals surface area contributed by atoms with Crippen molar-refractivity contribution in [3.63, 3.8) is 0 Å². The Kier molecular flexibility index (Phi) is 4.80. The van der Waals surface area contributed by atoms with Crippen LogP contribution in [0, 0.1) is 34.6 Å². The van der Waals surface area contributed by atoms with Gasteiger partial charge in [-0.05, 0) is 93.1 Å². The van der Waals surface area contributed by atoms with Gasteiger partial charge in [-0.1, -0.05) is 0 Å². The predicted molar refractivity (Wildman–Crippen MR) is 109 cm³/mol. The lowest BCUT2D eigenvalue weighted by molar-refractivity contribution is -0.117. The second kappa shape index (κ2) is 6.68. The fraction of sp³-hybridized carbons (Fsp3) is 0.381. The third-order valence-corrected chi connectivity index (χ3v) is 7.44. The molecule has 0 radical (unpaired) electrons. The van der Waals surface area contributed by atoms with Gasteiger partial charge in [-0.15, -0.1) is 0 Å². The van der Waals surface area contributed by atoms with Gasteiger partial charge in [0.15, 0.2) is 0 Å². The van der Waals surface area contributed by atoms with Crippen LogP contribution in [0.5, 0.6) is 0 Å². The first kappa shape index (κ1) is 19.4. The highest BCUT2D eigenvalue weighted by Gasteiger charge is 2.28. The number of carbonyl (C=O) groups is 1. The molecule has 27 heavy (non-hydrogen) atoms. The van der Waals surface area contributed by atoms with E-state index in [1.807, 2.05) is 47.6 Å². The summed E-state index contributed by atoms with van der Waals surface area (Å²) in [7, 11) is -3.74. The van der Waals surface area contributed by atoms with E-state index in [2.05, 4.69) is 4.72 Å². The summed E-state index contributed by atoms with van der Waals surface area (Å²) in [4.78, 5) is 14.1. The molecule has 2 aromatic rings. The lowest BCUT2D eigenvalue weighted by atomic mass is 9.95. The van der Waals surface area contributed by atoms with Crippen molar-refractivity contribution in [3.8, 4) is 0 Å². The molecule has 1 amide bonds. The standard InChI is InChI=1S/C21H26N2O3S/c1-7-23-19-9-8-18(10-17(19)11-20(23)24)22-27(25,26)21-15(5)13(3)12(2)14(4)16(21)6/h8-10,22H,7,11H2,1-6H3. The van der Waals surface area contributed by atoms with Crippen LogP contribution in [-0.4, -0.2) is 20.9 Å². The Morgan fingerprint density at radius 2 is 1.52 bits per heavy atom. The molecule has 0 spiro atoms. The van der Waals surface area contributed by atoms with Crippen LogP contribution in [0.1, 0.15) is 40.3 Å². The van der Waals surface area contributed by atoms with Gasteiger partial charge in [0.1, 0.15) is 0 Å². The van der Waals surface area contributed by atoms with Crippen LogP contribution in [0.2, 0.25) is 0 Å². The minimum atomic E-state index is -3.74. The molecule has 1 aliphatic heterocycles. The quantitative estimate of drug-likeness (QED) is 0.865. The molecule has 2 aromatic carbocycles. The minimum absolute atomic E-state index is 0.0454. The van der Waals surface area contributed by atoms with Gasteiger partial charge in [-0.2, -0.15) is 0 Å². The zero-order chi connectivity index (χ0) is 20.1. The number of amides is 1. The summed E-state index contributed by atoms with van der Waals surface area (Å²) in [5, 5.41) is 0. The Morgan fingerprint density at radius 3 is 2.07 bits per heavy atom. The van der Waals surface area contributed by atoms with Crippen LogP contribution in [0.15, 0.2) is 23.1 Å². The fourth-order valence-corrected chi connectivity index (χ4v) is 5.52. The number of carbonyl (C=O) groups excluding carboxylic acids is 1. The number of nitrogens with one attached hydrogen (secondary N) is 1. The first-order valence-corrected chi connectivity index (χ1v) is 10.6. The van der Waals surface area contributed by atoms with Crippen LogP contribution in [0.3, 0.4) is 0 Å². The highest BCUT2D eigenvalue weighted by atomic mass is 32.2. The molecule has 144 valence electrons. The summed E-state index contributed by atoms with van der Waals surface area (Å²) in [5.74, 6) is 0.0454. The van der Waals surface area contributed by atoms with Crippen molar-refractivity contribution in [2.45, 2.75) is 52.9 Å². The van der Waals surface area contributed by atoms with Crippen molar-refractivity contribution >= 4 is 27.3 Å². The van der Waals surface area contributed by atoms with Crippen molar-refractivity contribution in [1.29, 1.82) is 0 Å². The SMILES string of the molecule is CCN1C(=O)Cc2cc(NS(=O)(=O)c3c(C)c(C)c(C)c(C)c3C)ccc21. The Hall–Kier alpha value is -2.34. The monoisotopic (exact) mass is 386 g/mol. The number of hydrogen-bond donors (Lipinski definition) is 1. The van der Waals surface area contributed by atoms with Crippen molar-refractivity contribution in [2.75, 3.05) is 16.2 Å². The average molecular weight is 387 g/mol. The molecule has 1 heterocycles. The fourth-order valence-electron chi connectivity index (χ4n) is 3.87. The third-order valence-electron chi connectivity index (χ3n) is 5.78. The van der Waals surface area contributed by atoms with E-state index in [1.165, 1.54) is 0 Å². The first-order chi connectivity index (χ1) is 12.6. The Bertz CT molecular complexity index is 1030. The van der Waals surface area contributed by atoms with Crippen molar-refractivity contribution < 1.29 is 13.2 Å². The summed E-state index contributed by atoms with van der Waals surface area (Å²) in [5.41, 5.74) is 6.86. The van der Waals surface area contributed by atoms with Gasteiger partial charge in [0.25, 0.3) is 10.0 Å². The number of benzene rings is 2. The lowest BCUT2D eigenvalue weighted by Gasteiger charge is -2.20. The molecule has 6 heteroatoms. The lowest BCUT2D eigenvalue weighted by Crippen LogP contribution is -2.25. The van der Waals surface area contributed by atoms with Gasteiger partial charge in [-0.3, -0.25) is 9.52 Å². The first-order valence-electron chi connectivity index (χ1n) is 9.11. The molecule has 0 saturated carbocycles. The van der Waals surface area contributed by atoms with Crippen molar-refractivity contribution in [1.82, 2.24) is 0 Å². The number of likely N-dealkylation sites (N-methyl/N-ethyl adjacent to an activating group) is 1. The summed E-state index contributed by atoms with van der Waals surface area (Å²) < 4.78 is 29.0. The number of hydrogen-bond acceptors (Lipinski definition) is 3. The molecule has 0 unspecified atom stereocenters. The molecular formula is C21H26N2O3S. The van der Waals surface area contributed by atoms with Gasteiger partial charge in [0.2, 0.25) is 5.91 Å². The van der Waals surface area contributed by atoms with E-state index in [1.54, 1.807) is 17.0 Å². The second-order valence-electron chi connectivity index (χ2n) is 7.22. The smallest absolute Gasteiger partial charge is 0.262 e. The zero-order valence-electron chi connectivity index (χ0n) is 16.7. The molecule has 0 saturated heterocycles. The normalized spacial score (nSPS) is 13.9. The summed E-state index contributed by atoms with van der Waals surface area (Å²) in [6, 6.07) is 5.29. The van der Waals surface area contributed by atoms with Crippen LogP contribution < -0.4 is 9.62 Å². The maximum absolute atomic E-state index is 13.2. The highest BCUT2D eigenvalue weighted by Crippen LogP contribution is 2.34. The van der Waals surface area contributed by atoms with E-state index in [0.717, 1.165) is 39.1 Å². The molecule has 0 fully saturated rings. The topological polar surface area (TPSA) is 66.5 Å². The highest BCUT2D eigenvalue weighted by molar-refractivity contribution is 7.92. The van der Waals surface area contributed by atoms with Crippen molar-refractivity contribution in [3.05, 3.63) is 51.6 Å². The molecular weight excluding hydrogens is 360 g/mol. The average Bonchev–Trinajstić information content (AvgIpc) is 2.91. The summed E-state index contributed by atoms with van der Waals surface area (Å²) in [6.45, 7) is 12.2. The number of fused-ring (bicyclic) bond motifs is 1. The van der Waals surface area contributed by atoms with Crippen LogP contribution in [0.25, 0.3) is 0 Å².